The number of rotatable bonds is 13. The molecule has 0 bridgehead atoms. The minimum Gasteiger partial charge on any atom is -0.508 e. The first-order valence-electron chi connectivity index (χ1n) is 10.4. The number of aromatic hydroxyl groups is 1. The van der Waals surface area contributed by atoms with Gasteiger partial charge >= 0.3 is 5.97 Å². The van der Waals surface area contributed by atoms with Crippen molar-refractivity contribution in [2.24, 2.45) is 11.7 Å². The lowest BCUT2D eigenvalue weighted by Crippen LogP contribution is -2.59. The Morgan fingerprint density at radius 2 is 1.52 bits per heavy atom. The molecule has 12 heteroatoms. The van der Waals surface area contributed by atoms with Crippen LogP contribution in [0.5, 0.6) is 5.75 Å². The molecule has 33 heavy (non-hydrogen) atoms. The molecular weight excluding hydrogens is 468 g/mol. The largest absolute Gasteiger partial charge is 0.508 e. The van der Waals surface area contributed by atoms with Crippen molar-refractivity contribution in [2.75, 3.05) is 11.5 Å². The van der Waals surface area contributed by atoms with Gasteiger partial charge in [0.05, 0.1) is 6.04 Å². The zero-order valence-electron chi connectivity index (χ0n) is 18.5. The summed E-state index contributed by atoms with van der Waals surface area (Å²) in [5, 5.41) is 26.4. The maximum atomic E-state index is 12.9. The van der Waals surface area contributed by atoms with E-state index in [0.717, 1.165) is 0 Å². The average molecular weight is 501 g/mol. The van der Waals surface area contributed by atoms with Crippen LogP contribution in [-0.2, 0) is 25.6 Å². The molecule has 1 aromatic carbocycles. The van der Waals surface area contributed by atoms with Crippen molar-refractivity contribution in [1.82, 2.24) is 16.0 Å². The van der Waals surface area contributed by atoms with Crippen LogP contribution in [0.2, 0.25) is 0 Å². The fraction of sp³-hybridized carbons (Fsp3) is 0.524. The molecule has 0 radical (unpaired) electrons. The second-order valence-electron chi connectivity index (χ2n) is 7.67. The molecule has 1 rings (SSSR count). The van der Waals surface area contributed by atoms with Gasteiger partial charge in [-0.2, -0.15) is 25.3 Å². The van der Waals surface area contributed by atoms with Gasteiger partial charge in [0, 0.05) is 17.9 Å². The van der Waals surface area contributed by atoms with E-state index in [4.69, 9.17) is 5.73 Å². The fourth-order valence-electron chi connectivity index (χ4n) is 2.84. The van der Waals surface area contributed by atoms with Crippen molar-refractivity contribution in [1.29, 1.82) is 0 Å². The third kappa shape index (κ3) is 9.14. The zero-order chi connectivity index (χ0) is 25.1. The van der Waals surface area contributed by atoms with Gasteiger partial charge in [-0.1, -0.05) is 32.4 Å². The lowest BCUT2D eigenvalue weighted by Gasteiger charge is -2.27. The van der Waals surface area contributed by atoms with Crippen LogP contribution in [0.15, 0.2) is 24.3 Å². The smallest absolute Gasteiger partial charge is 0.326 e. The number of carboxylic acid groups (broad SMARTS) is 1. The van der Waals surface area contributed by atoms with Crippen LogP contribution >= 0.6 is 25.3 Å². The second-order valence-corrected chi connectivity index (χ2v) is 8.40. The number of nitrogens with two attached hydrogens (primary N) is 1. The van der Waals surface area contributed by atoms with Gasteiger partial charge in [0.1, 0.15) is 23.9 Å². The first-order valence-corrected chi connectivity index (χ1v) is 11.7. The van der Waals surface area contributed by atoms with Gasteiger partial charge in [-0.3, -0.25) is 14.4 Å². The van der Waals surface area contributed by atoms with Crippen LogP contribution in [0, 0.1) is 5.92 Å². The first kappa shape index (κ1) is 28.6. The van der Waals surface area contributed by atoms with Crippen molar-refractivity contribution in [3.8, 4) is 5.75 Å². The molecule has 10 nitrogen and oxygen atoms in total. The van der Waals surface area contributed by atoms with E-state index in [1.807, 2.05) is 6.92 Å². The standard InChI is InChI=1S/C21H32N4O6S2/c1-3-11(2)17(25-18(27)14(22)9-32)20(29)24-16(10-33)19(28)23-15(21(30)31)8-12-4-6-13(26)7-5-12/h4-7,11,14-17,26,32-33H,3,8-10,22H2,1-2H3,(H,23,28)(H,24,29)(H,25,27)(H,30,31). The van der Waals surface area contributed by atoms with E-state index >= 15 is 0 Å². The van der Waals surface area contributed by atoms with E-state index in [-0.39, 0.29) is 29.6 Å². The van der Waals surface area contributed by atoms with Gasteiger partial charge in [0.25, 0.3) is 0 Å². The SMILES string of the molecule is CCC(C)C(NC(=O)C(N)CS)C(=O)NC(CS)C(=O)NC(Cc1ccc(O)cc1)C(=O)O. The number of benzene rings is 1. The summed E-state index contributed by atoms with van der Waals surface area (Å²) in [6.45, 7) is 3.61. The molecule has 5 atom stereocenters. The van der Waals surface area contributed by atoms with Gasteiger partial charge in [-0.15, -0.1) is 0 Å². The molecule has 7 N–H and O–H groups in total. The van der Waals surface area contributed by atoms with Crippen LogP contribution in [0.25, 0.3) is 0 Å². The highest BCUT2D eigenvalue weighted by atomic mass is 32.1. The van der Waals surface area contributed by atoms with Crippen molar-refractivity contribution >= 4 is 48.9 Å². The third-order valence-electron chi connectivity index (χ3n) is 5.13. The highest BCUT2D eigenvalue weighted by Crippen LogP contribution is 2.12. The summed E-state index contributed by atoms with van der Waals surface area (Å²) in [5.74, 6) is -3.37. The topological polar surface area (TPSA) is 171 Å². The molecule has 0 heterocycles. The van der Waals surface area contributed by atoms with Crippen LogP contribution in [0.1, 0.15) is 25.8 Å². The first-order chi connectivity index (χ1) is 15.5. The molecule has 0 saturated heterocycles. The van der Waals surface area contributed by atoms with E-state index < -0.39 is 47.9 Å². The van der Waals surface area contributed by atoms with Crippen LogP contribution in [0.4, 0.5) is 0 Å². The minimum absolute atomic E-state index is 0.0260. The van der Waals surface area contributed by atoms with Gasteiger partial charge in [-0.05, 0) is 23.6 Å². The number of hydrogen-bond acceptors (Lipinski definition) is 8. The maximum absolute atomic E-state index is 12.9. The van der Waals surface area contributed by atoms with Crippen molar-refractivity contribution in [3.05, 3.63) is 29.8 Å². The Bertz CT molecular complexity index is 823. The molecule has 0 aliphatic carbocycles. The number of aliphatic carboxylic acids is 1. The highest BCUT2D eigenvalue weighted by molar-refractivity contribution is 7.80. The number of carbonyl (C=O) groups excluding carboxylic acids is 3. The summed E-state index contributed by atoms with van der Waals surface area (Å²) in [6.07, 6.45) is 0.543. The molecular formula is C21H32N4O6S2. The number of carboxylic acids is 1. The second kappa shape index (κ2) is 14.0. The number of thiol groups is 2. The summed E-state index contributed by atoms with van der Waals surface area (Å²) in [5.41, 5.74) is 6.26. The van der Waals surface area contributed by atoms with E-state index in [1.165, 1.54) is 12.1 Å². The van der Waals surface area contributed by atoms with E-state index in [2.05, 4.69) is 41.2 Å². The quantitative estimate of drug-likeness (QED) is 0.172. The predicted octanol–water partition coefficient (Wildman–Crippen LogP) is -0.293. The van der Waals surface area contributed by atoms with Crippen molar-refractivity contribution < 1.29 is 29.4 Å². The number of nitrogens with one attached hydrogen (secondary N) is 3. The summed E-state index contributed by atoms with van der Waals surface area (Å²) < 4.78 is 0. The van der Waals surface area contributed by atoms with Crippen LogP contribution in [0.3, 0.4) is 0 Å². The summed E-state index contributed by atoms with van der Waals surface area (Å²) in [7, 11) is 0. The Morgan fingerprint density at radius 1 is 0.939 bits per heavy atom. The van der Waals surface area contributed by atoms with Gasteiger partial charge in [0.15, 0.2) is 0 Å². The Hall–Kier alpha value is -2.44. The normalized spacial score (nSPS) is 15.4. The molecule has 5 unspecified atom stereocenters. The van der Waals surface area contributed by atoms with E-state index in [0.29, 0.717) is 12.0 Å². The predicted molar refractivity (Wildman–Crippen MR) is 130 cm³/mol. The maximum Gasteiger partial charge on any atom is 0.326 e. The van der Waals surface area contributed by atoms with Crippen molar-refractivity contribution in [2.45, 2.75) is 50.9 Å². The Kier molecular flexibility index (Phi) is 12.1. The lowest BCUT2D eigenvalue weighted by atomic mass is 9.97. The Balaban J connectivity index is 2.89. The van der Waals surface area contributed by atoms with Crippen molar-refractivity contribution in [3.63, 3.8) is 0 Å². The average Bonchev–Trinajstić information content (AvgIpc) is 2.80. The van der Waals surface area contributed by atoms with Gasteiger partial charge in [-0.25, -0.2) is 4.79 Å². The monoisotopic (exact) mass is 500 g/mol. The number of carbonyl (C=O) groups is 4. The number of phenolic OH excluding ortho intramolecular Hbond substituents is 1. The molecule has 0 aromatic heterocycles. The molecule has 0 aliphatic heterocycles. The molecule has 0 saturated carbocycles. The molecule has 1 aromatic rings. The number of phenols is 1. The molecule has 0 aliphatic rings. The summed E-state index contributed by atoms with van der Waals surface area (Å²) in [6, 6.07) is 1.67. The Morgan fingerprint density at radius 3 is 2.00 bits per heavy atom. The van der Waals surface area contributed by atoms with Gasteiger partial charge in [0.2, 0.25) is 17.7 Å². The zero-order valence-corrected chi connectivity index (χ0v) is 20.3. The number of amides is 3. The minimum atomic E-state index is -1.26. The summed E-state index contributed by atoms with van der Waals surface area (Å²) in [4.78, 5) is 49.4. The van der Waals surface area contributed by atoms with E-state index in [1.54, 1.807) is 19.1 Å². The van der Waals surface area contributed by atoms with Gasteiger partial charge < -0.3 is 31.9 Å². The van der Waals surface area contributed by atoms with E-state index in [9.17, 15) is 29.4 Å². The fourth-order valence-corrected chi connectivity index (χ4v) is 3.26. The number of hydrogen-bond donors (Lipinski definition) is 8. The molecule has 3 amide bonds. The molecule has 0 spiro atoms. The molecule has 184 valence electrons. The third-order valence-corrected chi connectivity index (χ3v) is 5.89. The molecule has 0 fully saturated rings. The summed E-state index contributed by atoms with van der Waals surface area (Å²) >= 11 is 8.09. The van der Waals surface area contributed by atoms with Crippen LogP contribution < -0.4 is 21.7 Å². The Labute approximate surface area is 203 Å². The van der Waals surface area contributed by atoms with Crippen LogP contribution in [-0.4, -0.2) is 69.6 Å². The lowest BCUT2D eigenvalue weighted by molar-refractivity contribution is -0.142. The highest BCUT2D eigenvalue weighted by Gasteiger charge is 2.31.